The molecule has 22 heavy (non-hydrogen) atoms. The van der Waals surface area contributed by atoms with Gasteiger partial charge in [0, 0.05) is 43.2 Å². The summed E-state index contributed by atoms with van der Waals surface area (Å²) in [6, 6.07) is 7.61. The van der Waals surface area contributed by atoms with Crippen LogP contribution in [0.15, 0.2) is 24.3 Å². The average Bonchev–Trinajstić information content (AvgIpc) is 2.53. The summed E-state index contributed by atoms with van der Waals surface area (Å²) < 4.78 is 0. The van der Waals surface area contributed by atoms with Gasteiger partial charge < -0.3 is 15.1 Å². The molecule has 1 aliphatic heterocycles. The molecular formula is C16H22ClN3O2. The van der Waals surface area contributed by atoms with Gasteiger partial charge in [-0.1, -0.05) is 37.6 Å². The van der Waals surface area contributed by atoms with Crippen molar-refractivity contribution in [2.45, 2.75) is 19.3 Å². The standard InChI is InChI=1S/C16H22ClN3O2/c1-16(2,13-3-5-14(17)6-4-13)11-18-15(22)20-9-7-19(12-21)8-10-20/h3-6,12H,7-11H2,1-2H3,(H,18,22). The quantitative estimate of drug-likeness (QED) is 0.863. The molecule has 1 aliphatic rings. The highest BCUT2D eigenvalue weighted by atomic mass is 35.5. The number of benzene rings is 1. The number of urea groups is 1. The van der Waals surface area contributed by atoms with Crippen molar-refractivity contribution >= 4 is 24.0 Å². The van der Waals surface area contributed by atoms with Crippen LogP contribution in [0, 0.1) is 0 Å². The number of halogens is 1. The lowest BCUT2D eigenvalue weighted by Crippen LogP contribution is -2.52. The fraction of sp³-hybridized carbons (Fsp3) is 0.500. The second-order valence-corrected chi connectivity index (χ2v) is 6.61. The molecule has 1 heterocycles. The Morgan fingerprint density at radius 1 is 1.23 bits per heavy atom. The number of nitrogens with one attached hydrogen (secondary N) is 1. The third-order valence-corrected chi connectivity index (χ3v) is 4.31. The molecule has 0 atom stereocenters. The molecular weight excluding hydrogens is 302 g/mol. The van der Waals surface area contributed by atoms with Crippen LogP contribution in [0.2, 0.25) is 5.02 Å². The van der Waals surface area contributed by atoms with Gasteiger partial charge in [0.05, 0.1) is 0 Å². The summed E-state index contributed by atoms with van der Waals surface area (Å²) in [5.41, 5.74) is 0.952. The van der Waals surface area contributed by atoms with Crippen molar-refractivity contribution in [3.63, 3.8) is 0 Å². The van der Waals surface area contributed by atoms with Gasteiger partial charge >= 0.3 is 6.03 Å². The summed E-state index contributed by atoms with van der Waals surface area (Å²) in [7, 11) is 0. The number of piperazine rings is 1. The van der Waals surface area contributed by atoms with Crippen molar-refractivity contribution in [2.75, 3.05) is 32.7 Å². The van der Waals surface area contributed by atoms with Crippen LogP contribution in [0.5, 0.6) is 0 Å². The normalized spacial score (nSPS) is 15.6. The number of amides is 3. The number of carbonyl (C=O) groups excluding carboxylic acids is 2. The fourth-order valence-corrected chi connectivity index (χ4v) is 2.57. The third-order valence-electron chi connectivity index (χ3n) is 4.06. The molecule has 1 fully saturated rings. The molecule has 0 unspecified atom stereocenters. The number of carbonyl (C=O) groups is 2. The molecule has 2 rings (SSSR count). The Labute approximate surface area is 136 Å². The monoisotopic (exact) mass is 323 g/mol. The van der Waals surface area contributed by atoms with Crippen LogP contribution in [-0.4, -0.2) is 55.0 Å². The molecule has 0 bridgehead atoms. The van der Waals surface area contributed by atoms with E-state index in [0.717, 1.165) is 12.0 Å². The molecule has 0 spiro atoms. The molecule has 1 saturated heterocycles. The van der Waals surface area contributed by atoms with E-state index in [0.29, 0.717) is 37.7 Å². The van der Waals surface area contributed by atoms with Crippen molar-refractivity contribution in [1.29, 1.82) is 0 Å². The molecule has 120 valence electrons. The van der Waals surface area contributed by atoms with E-state index < -0.39 is 0 Å². The molecule has 1 aromatic rings. The number of hydrogen-bond acceptors (Lipinski definition) is 2. The van der Waals surface area contributed by atoms with Gasteiger partial charge in [-0.3, -0.25) is 4.79 Å². The van der Waals surface area contributed by atoms with E-state index in [1.807, 2.05) is 24.3 Å². The zero-order valence-electron chi connectivity index (χ0n) is 13.0. The number of nitrogens with zero attached hydrogens (tertiary/aromatic N) is 2. The second-order valence-electron chi connectivity index (χ2n) is 6.18. The van der Waals surface area contributed by atoms with Crippen molar-refractivity contribution < 1.29 is 9.59 Å². The number of hydrogen-bond donors (Lipinski definition) is 1. The zero-order valence-corrected chi connectivity index (χ0v) is 13.8. The minimum atomic E-state index is -0.176. The Bertz CT molecular complexity index is 523. The maximum atomic E-state index is 12.2. The summed E-state index contributed by atoms with van der Waals surface area (Å²) >= 11 is 5.91. The molecule has 6 heteroatoms. The molecule has 0 saturated carbocycles. The van der Waals surface area contributed by atoms with Gasteiger partial charge in [-0.15, -0.1) is 0 Å². The Morgan fingerprint density at radius 3 is 2.36 bits per heavy atom. The summed E-state index contributed by atoms with van der Waals surface area (Å²) in [4.78, 5) is 26.3. The van der Waals surface area contributed by atoms with Crippen LogP contribution in [0.4, 0.5) is 4.79 Å². The van der Waals surface area contributed by atoms with Crippen LogP contribution < -0.4 is 5.32 Å². The van der Waals surface area contributed by atoms with Crippen molar-refractivity contribution in [1.82, 2.24) is 15.1 Å². The predicted molar refractivity (Wildman–Crippen MR) is 87.1 cm³/mol. The lowest BCUT2D eigenvalue weighted by molar-refractivity contribution is -0.119. The van der Waals surface area contributed by atoms with E-state index in [1.165, 1.54) is 0 Å². The van der Waals surface area contributed by atoms with Gasteiger partial charge in [-0.05, 0) is 17.7 Å². The highest BCUT2D eigenvalue weighted by Crippen LogP contribution is 2.23. The summed E-state index contributed by atoms with van der Waals surface area (Å²) in [6.45, 7) is 7.05. The molecule has 3 amide bonds. The Hall–Kier alpha value is -1.75. The topological polar surface area (TPSA) is 52.7 Å². The van der Waals surface area contributed by atoms with E-state index in [4.69, 9.17) is 11.6 Å². The van der Waals surface area contributed by atoms with Crippen LogP contribution >= 0.6 is 11.6 Å². The van der Waals surface area contributed by atoms with E-state index in [1.54, 1.807) is 9.80 Å². The van der Waals surface area contributed by atoms with E-state index >= 15 is 0 Å². The summed E-state index contributed by atoms with van der Waals surface area (Å²) in [5.74, 6) is 0. The lowest BCUT2D eigenvalue weighted by Gasteiger charge is -2.34. The Morgan fingerprint density at radius 2 is 1.82 bits per heavy atom. The smallest absolute Gasteiger partial charge is 0.317 e. The Kier molecular flexibility index (Phi) is 5.29. The first-order valence-electron chi connectivity index (χ1n) is 7.40. The van der Waals surface area contributed by atoms with Crippen LogP contribution in [0.3, 0.4) is 0 Å². The van der Waals surface area contributed by atoms with Gasteiger partial charge in [0.25, 0.3) is 0 Å². The zero-order chi connectivity index (χ0) is 16.2. The van der Waals surface area contributed by atoms with Crippen molar-refractivity contribution in [3.05, 3.63) is 34.9 Å². The SMILES string of the molecule is CC(C)(CNC(=O)N1CCN(C=O)CC1)c1ccc(Cl)cc1. The highest BCUT2D eigenvalue weighted by Gasteiger charge is 2.24. The average molecular weight is 324 g/mol. The van der Waals surface area contributed by atoms with Gasteiger partial charge in [-0.25, -0.2) is 4.79 Å². The lowest BCUT2D eigenvalue weighted by atomic mass is 9.85. The summed E-state index contributed by atoms with van der Waals surface area (Å²) in [5, 5.41) is 3.69. The molecule has 0 aromatic heterocycles. The van der Waals surface area contributed by atoms with Gasteiger partial charge in [0.1, 0.15) is 0 Å². The van der Waals surface area contributed by atoms with Crippen LogP contribution in [0.1, 0.15) is 19.4 Å². The van der Waals surface area contributed by atoms with Crippen molar-refractivity contribution in [2.24, 2.45) is 0 Å². The predicted octanol–water partition coefficient (Wildman–Crippen LogP) is 2.10. The minimum Gasteiger partial charge on any atom is -0.342 e. The first-order chi connectivity index (χ1) is 10.4. The third kappa shape index (κ3) is 4.13. The van der Waals surface area contributed by atoms with E-state index in [9.17, 15) is 9.59 Å². The molecule has 0 radical (unpaired) electrons. The number of rotatable bonds is 4. The molecule has 0 aliphatic carbocycles. The van der Waals surface area contributed by atoms with Gasteiger partial charge in [0.15, 0.2) is 0 Å². The molecule has 5 nitrogen and oxygen atoms in total. The maximum absolute atomic E-state index is 12.2. The largest absolute Gasteiger partial charge is 0.342 e. The second kappa shape index (κ2) is 7.01. The van der Waals surface area contributed by atoms with Crippen LogP contribution in [0.25, 0.3) is 0 Å². The van der Waals surface area contributed by atoms with Crippen LogP contribution in [-0.2, 0) is 10.2 Å². The van der Waals surface area contributed by atoms with Gasteiger partial charge in [0.2, 0.25) is 6.41 Å². The molecule has 1 aromatic carbocycles. The summed E-state index contributed by atoms with van der Waals surface area (Å²) in [6.07, 6.45) is 0.832. The minimum absolute atomic E-state index is 0.0763. The Balaban J connectivity index is 1.87. The fourth-order valence-electron chi connectivity index (χ4n) is 2.44. The van der Waals surface area contributed by atoms with E-state index in [-0.39, 0.29) is 11.4 Å². The first-order valence-corrected chi connectivity index (χ1v) is 7.78. The highest BCUT2D eigenvalue weighted by molar-refractivity contribution is 6.30. The van der Waals surface area contributed by atoms with Gasteiger partial charge in [-0.2, -0.15) is 0 Å². The van der Waals surface area contributed by atoms with Crippen molar-refractivity contribution in [3.8, 4) is 0 Å². The molecule has 1 N–H and O–H groups in total. The maximum Gasteiger partial charge on any atom is 0.317 e. The first kappa shape index (κ1) is 16.6. The van der Waals surface area contributed by atoms with E-state index in [2.05, 4.69) is 19.2 Å².